The van der Waals surface area contributed by atoms with E-state index >= 15 is 0 Å². The van der Waals surface area contributed by atoms with Gasteiger partial charge in [-0.1, -0.05) is 12.1 Å². The topological polar surface area (TPSA) is 115 Å². The lowest BCUT2D eigenvalue weighted by atomic mass is 10.1. The number of sulfonamides is 1. The molecule has 0 amide bonds. The number of benzene rings is 1. The van der Waals surface area contributed by atoms with E-state index in [9.17, 15) is 13.2 Å². The number of nitrogens with two attached hydrogens (primary N) is 1. The maximum Gasteiger partial charge on any atom is 0.324 e. The number of nitrogen functional groups attached to an aromatic ring is 1. The number of esters is 1. The van der Waals surface area contributed by atoms with Crippen LogP contribution in [0.2, 0.25) is 5.28 Å². The van der Waals surface area contributed by atoms with Gasteiger partial charge in [-0.3, -0.25) is 4.79 Å². The Balaban J connectivity index is 2.15. The van der Waals surface area contributed by atoms with Gasteiger partial charge in [0.05, 0.1) is 29.1 Å². The molecule has 0 bridgehead atoms. The number of nitrogens with zero attached hydrogens (tertiary/aromatic N) is 3. The minimum absolute atomic E-state index is 0.0465. The summed E-state index contributed by atoms with van der Waals surface area (Å²) in [6.45, 7) is 0.469. The van der Waals surface area contributed by atoms with Crippen LogP contribution < -0.4 is 5.73 Å². The molecule has 1 atom stereocenters. The highest BCUT2D eigenvalue weighted by molar-refractivity contribution is 7.89. The SMILES string of the molecule is [2H]C1([2H])c2ccc(-c3nc(Cl)ncc3N)cc2S(=O)(=O)N1[C@H](C)C(=O)OCC. The molecular formula is C16H17ClN4O4S. The van der Waals surface area contributed by atoms with E-state index in [1.807, 2.05) is 0 Å². The largest absolute Gasteiger partial charge is 0.465 e. The molecule has 1 aliphatic heterocycles. The summed E-state index contributed by atoms with van der Waals surface area (Å²) >= 11 is 5.80. The normalized spacial score (nSPS) is 20.0. The highest BCUT2D eigenvalue weighted by atomic mass is 35.5. The van der Waals surface area contributed by atoms with E-state index in [0.29, 0.717) is 9.87 Å². The van der Waals surface area contributed by atoms with Crippen LogP contribution in [0.5, 0.6) is 0 Å². The van der Waals surface area contributed by atoms with Gasteiger partial charge in [0.2, 0.25) is 15.3 Å². The molecule has 0 radical (unpaired) electrons. The van der Waals surface area contributed by atoms with Gasteiger partial charge in [0, 0.05) is 14.8 Å². The number of fused-ring (bicyclic) bond motifs is 1. The number of hydrogen-bond acceptors (Lipinski definition) is 7. The van der Waals surface area contributed by atoms with Crippen molar-refractivity contribution in [2.75, 3.05) is 12.3 Å². The monoisotopic (exact) mass is 398 g/mol. The molecule has 0 spiro atoms. The Bertz CT molecular complexity index is 1060. The first-order valence-corrected chi connectivity index (χ1v) is 9.47. The molecule has 138 valence electrons. The molecule has 3 rings (SSSR count). The van der Waals surface area contributed by atoms with Gasteiger partial charge in [-0.25, -0.2) is 18.4 Å². The molecule has 2 heterocycles. The van der Waals surface area contributed by atoms with Crippen molar-refractivity contribution in [1.82, 2.24) is 14.3 Å². The number of halogens is 1. The molecule has 0 saturated carbocycles. The molecule has 2 N–H and O–H groups in total. The van der Waals surface area contributed by atoms with Crippen molar-refractivity contribution >= 4 is 33.3 Å². The number of anilines is 1. The van der Waals surface area contributed by atoms with Crippen LogP contribution in [0.4, 0.5) is 5.69 Å². The Morgan fingerprint density at radius 3 is 2.96 bits per heavy atom. The third-order valence-electron chi connectivity index (χ3n) is 3.79. The summed E-state index contributed by atoms with van der Waals surface area (Å²) in [7, 11) is -4.33. The van der Waals surface area contributed by atoms with Crippen LogP contribution in [-0.2, 0) is 26.1 Å². The summed E-state index contributed by atoms with van der Waals surface area (Å²) in [4.78, 5) is 19.6. The fraction of sp³-hybridized carbons (Fsp3) is 0.312. The number of hydrogen-bond donors (Lipinski definition) is 1. The van der Waals surface area contributed by atoms with Crippen molar-refractivity contribution in [1.29, 1.82) is 0 Å². The lowest BCUT2D eigenvalue weighted by Crippen LogP contribution is -2.40. The summed E-state index contributed by atoms with van der Waals surface area (Å²) in [5.41, 5.74) is 6.49. The van der Waals surface area contributed by atoms with Crippen LogP contribution in [0.15, 0.2) is 29.3 Å². The molecule has 10 heteroatoms. The van der Waals surface area contributed by atoms with E-state index in [2.05, 4.69) is 9.97 Å². The summed E-state index contributed by atoms with van der Waals surface area (Å²) < 4.78 is 48.2. The Hall–Kier alpha value is -2.23. The zero-order valence-corrected chi connectivity index (χ0v) is 15.5. The van der Waals surface area contributed by atoms with Crippen molar-refractivity contribution < 1.29 is 20.7 Å². The van der Waals surface area contributed by atoms with E-state index in [-0.39, 0.29) is 33.7 Å². The summed E-state index contributed by atoms with van der Waals surface area (Å²) in [5.74, 6) is -0.838. The molecule has 2 aromatic rings. The van der Waals surface area contributed by atoms with Gasteiger partial charge in [0.1, 0.15) is 6.04 Å². The number of ether oxygens (including phenoxy) is 1. The predicted molar refractivity (Wildman–Crippen MR) is 95.7 cm³/mol. The lowest BCUT2D eigenvalue weighted by molar-refractivity contribution is -0.147. The van der Waals surface area contributed by atoms with Crippen molar-refractivity contribution in [3.05, 3.63) is 35.2 Å². The Labute approximate surface area is 158 Å². The predicted octanol–water partition coefficient (Wildman–Crippen LogP) is 1.84. The Morgan fingerprint density at radius 2 is 2.27 bits per heavy atom. The molecule has 0 fully saturated rings. The fourth-order valence-electron chi connectivity index (χ4n) is 2.52. The van der Waals surface area contributed by atoms with E-state index in [1.165, 1.54) is 31.3 Å². The maximum atomic E-state index is 13.1. The zero-order valence-electron chi connectivity index (χ0n) is 15.9. The summed E-state index contributed by atoms with van der Waals surface area (Å²) in [6.07, 6.45) is 1.29. The van der Waals surface area contributed by atoms with Crippen LogP contribution in [0, 0.1) is 0 Å². The first kappa shape index (κ1) is 16.0. The molecule has 0 aliphatic carbocycles. The molecular weight excluding hydrogens is 380 g/mol. The first-order chi connectivity index (χ1) is 13.0. The van der Waals surface area contributed by atoms with E-state index in [4.69, 9.17) is 24.8 Å². The van der Waals surface area contributed by atoms with Crippen LogP contribution >= 0.6 is 11.6 Å². The summed E-state index contributed by atoms with van der Waals surface area (Å²) in [5, 5.41) is -0.0690. The average Bonchev–Trinajstić information content (AvgIpc) is 2.78. The van der Waals surface area contributed by atoms with Gasteiger partial charge in [0.25, 0.3) is 0 Å². The molecule has 1 aromatic heterocycles. The van der Waals surface area contributed by atoms with Gasteiger partial charge in [-0.05, 0) is 37.1 Å². The highest BCUT2D eigenvalue weighted by Gasteiger charge is 2.41. The molecule has 8 nitrogen and oxygen atoms in total. The molecule has 0 saturated heterocycles. The van der Waals surface area contributed by atoms with Crippen molar-refractivity contribution in [3.63, 3.8) is 0 Å². The van der Waals surface area contributed by atoms with Gasteiger partial charge < -0.3 is 10.5 Å². The first-order valence-electron chi connectivity index (χ1n) is 8.66. The van der Waals surface area contributed by atoms with Crippen LogP contribution in [0.3, 0.4) is 0 Å². The smallest absolute Gasteiger partial charge is 0.324 e. The average molecular weight is 399 g/mol. The minimum Gasteiger partial charge on any atom is -0.465 e. The number of aromatic nitrogens is 2. The standard InChI is InChI=1S/C16H17ClN4O4S/c1-3-25-15(22)9(2)21-8-11-5-4-10(6-13(11)26(21,23)24)14-12(18)7-19-16(17)20-14/h4-7,9H,3,8,18H2,1-2H3/t9-/m1/s1/i8D2. The molecule has 0 unspecified atom stereocenters. The minimum atomic E-state index is -4.33. The van der Waals surface area contributed by atoms with Gasteiger partial charge >= 0.3 is 5.97 Å². The van der Waals surface area contributed by atoms with Crippen LogP contribution in [0.25, 0.3) is 11.3 Å². The van der Waals surface area contributed by atoms with Crippen molar-refractivity contribution in [2.24, 2.45) is 0 Å². The van der Waals surface area contributed by atoms with Crippen molar-refractivity contribution in [2.45, 2.75) is 31.3 Å². The Morgan fingerprint density at radius 1 is 1.54 bits per heavy atom. The van der Waals surface area contributed by atoms with Gasteiger partial charge in [0.15, 0.2) is 0 Å². The third-order valence-corrected chi connectivity index (χ3v) is 5.79. The Kier molecular flexibility index (Phi) is 4.19. The zero-order chi connectivity index (χ0) is 20.9. The fourth-order valence-corrected chi connectivity index (χ4v) is 4.26. The second-order valence-electron chi connectivity index (χ2n) is 5.49. The maximum absolute atomic E-state index is 13.1. The molecule has 1 aliphatic rings. The van der Waals surface area contributed by atoms with Crippen molar-refractivity contribution in [3.8, 4) is 11.3 Å². The van der Waals surface area contributed by atoms with E-state index in [0.717, 1.165) is 0 Å². The quantitative estimate of drug-likeness (QED) is 0.616. The number of carbonyl (C=O) groups is 1. The van der Waals surface area contributed by atoms with Crippen LogP contribution in [-0.4, -0.2) is 41.3 Å². The number of carbonyl (C=O) groups excluding carboxylic acids is 1. The third kappa shape index (κ3) is 3.13. The van der Waals surface area contributed by atoms with E-state index in [1.54, 1.807) is 6.92 Å². The number of rotatable bonds is 4. The van der Waals surface area contributed by atoms with Crippen LogP contribution in [0.1, 0.15) is 22.2 Å². The second-order valence-corrected chi connectivity index (χ2v) is 7.62. The van der Waals surface area contributed by atoms with Gasteiger partial charge in [-0.2, -0.15) is 4.31 Å². The second kappa shape index (κ2) is 6.82. The van der Waals surface area contributed by atoms with Gasteiger partial charge in [-0.15, -0.1) is 0 Å². The highest BCUT2D eigenvalue weighted by Crippen LogP contribution is 2.36. The molecule has 1 aromatic carbocycles. The lowest BCUT2D eigenvalue weighted by Gasteiger charge is -2.20. The van der Waals surface area contributed by atoms with E-state index < -0.39 is 28.5 Å². The summed E-state index contributed by atoms with van der Waals surface area (Å²) in [6, 6.07) is 2.72. The molecule has 26 heavy (non-hydrogen) atoms.